The molecule has 148 valence electrons. The summed E-state index contributed by atoms with van der Waals surface area (Å²) in [5.41, 5.74) is 8.39. The number of ether oxygens (including phenoxy) is 1. The first kappa shape index (κ1) is 18.9. The summed E-state index contributed by atoms with van der Waals surface area (Å²) in [6.45, 7) is 0. The van der Waals surface area contributed by atoms with Gasteiger partial charge >= 0.3 is 0 Å². The van der Waals surface area contributed by atoms with E-state index in [1.54, 1.807) is 12.1 Å². The van der Waals surface area contributed by atoms with E-state index in [0.717, 1.165) is 18.6 Å². The van der Waals surface area contributed by atoms with E-state index in [-0.39, 0.29) is 0 Å². The predicted octanol–water partition coefficient (Wildman–Crippen LogP) is 4.66. The molecule has 1 amide bonds. The van der Waals surface area contributed by atoms with Crippen LogP contribution in [0.25, 0.3) is 0 Å². The van der Waals surface area contributed by atoms with Gasteiger partial charge in [0.25, 0.3) is 0 Å². The maximum absolute atomic E-state index is 11.1. The molecular formula is C23H29N3O2. The van der Waals surface area contributed by atoms with Crippen LogP contribution >= 0.6 is 0 Å². The summed E-state index contributed by atoms with van der Waals surface area (Å²) in [5.74, 6) is 0.760. The zero-order valence-electron chi connectivity index (χ0n) is 16.3. The molecule has 5 heteroatoms. The van der Waals surface area contributed by atoms with Crippen LogP contribution in [0, 0.1) is 0 Å². The SMILES string of the molecule is NC(=O)c1ccc(Oc2ccc3c(c2)CCC3NC2CCCCCCC2)nc1. The van der Waals surface area contributed by atoms with Gasteiger partial charge in [0.2, 0.25) is 11.8 Å². The number of fused-ring (bicyclic) bond motifs is 1. The molecule has 0 radical (unpaired) electrons. The van der Waals surface area contributed by atoms with E-state index >= 15 is 0 Å². The van der Waals surface area contributed by atoms with Crippen molar-refractivity contribution in [2.45, 2.75) is 69.9 Å². The van der Waals surface area contributed by atoms with Gasteiger partial charge in [-0.15, -0.1) is 0 Å². The fourth-order valence-corrected chi connectivity index (χ4v) is 4.45. The molecule has 1 aromatic heterocycles. The van der Waals surface area contributed by atoms with E-state index < -0.39 is 5.91 Å². The highest BCUT2D eigenvalue weighted by atomic mass is 16.5. The number of nitrogens with two attached hydrogens (primary N) is 1. The Balaban J connectivity index is 1.40. The number of nitrogens with zero attached hydrogens (tertiary/aromatic N) is 1. The number of hydrogen-bond donors (Lipinski definition) is 2. The topological polar surface area (TPSA) is 77.2 Å². The van der Waals surface area contributed by atoms with Crippen molar-refractivity contribution in [1.82, 2.24) is 10.3 Å². The van der Waals surface area contributed by atoms with Crippen LogP contribution in [0.2, 0.25) is 0 Å². The van der Waals surface area contributed by atoms with Crippen LogP contribution in [0.5, 0.6) is 11.6 Å². The number of rotatable bonds is 5. The van der Waals surface area contributed by atoms with E-state index in [2.05, 4.69) is 22.4 Å². The van der Waals surface area contributed by atoms with Crippen molar-refractivity contribution in [3.05, 3.63) is 53.2 Å². The highest BCUT2D eigenvalue weighted by Gasteiger charge is 2.25. The van der Waals surface area contributed by atoms with Crippen molar-refractivity contribution < 1.29 is 9.53 Å². The van der Waals surface area contributed by atoms with Crippen molar-refractivity contribution in [2.75, 3.05) is 0 Å². The molecule has 0 spiro atoms. The number of aromatic nitrogens is 1. The number of pyridine rings is 1. The second-order valence-electron chi connectivity index (χ2n) is 8.01. The summed E-state index contributed by atoms with van der Waals surface area (Å²) in [6, 6.07) is 10.7. The van der Waals surface area contributed by atoms with E-state index in [9.17, 15) is 4.79 Å². The number of primary amides is 1. The molecular weight excluding hydrogens is 350 g/mol. The molecule has 3 N–H and O–H groups in total. The molecule has 0 aliphatic heterocycles. The molecule has 2 aromatic rings. The Kier molecular flexibility index (Phi) is 5.91. The largest absolute Gasteiger partial charge is 0.439 e. The number of benzene rings is 1. The highest BCUT2D eigenvalue weighted by molar-refractivity contribution is 5.92. The average Bonchev–Trinajstić information content (AvgIpc) is 3.06. The molecule has 2 aliphatic rings. The molecule has 2 aliphatic carbocycles. The Morgan fingerprint density at radius 2 is 1.82 bits per heavy atom. The van der Waals surface area contributed by atoms with Gasteiger partial charge in [-0.05, 0) is 55.0 Å². The third kappa shape index (κ3) is 4.53. The monoisotopic (exact) mass is 379 g/mol. The first-order chi connectivity index (χ1) is 13.7. The Morgan fingerprint density at radius 3 is 2.54 bits per heavy atom. The third-order valence-corrected chi connectivity index (χ3v) is 5.98. The fourth-order valence-electron chi connectivity index (χ4n) is 4.45. The summed E-state index contributed by atoms with van der Waals surface area (Å²) in [5, 5.41) is 3.93. The molecule has 1 fully saturated rings. The number of aryl methyl sites for hydroxylation is 1. The van der Waals surface area contributed by atoms with Gasteiger partial charge in [0.15, 0.2) is 0 Å². The fraction of sp³-hybridized carbons (Fsp3) is 0.478. The van der Waals surface area contributed by atoms with Gasteiger partial charge in [0.05, 0.1) is 5.56 Å². The summed E-state index contributed by atoms with van der Waals surface area (Å²) in [6.07, 6.45) is 13.2. The van der Waals surface area contributed by atoms with Crippen molar-refractivity contribution in [2.24, 2.45) is 5.73 Å². The number of carbonyl (C=O) groups excluding carboxylic acids is 1. The van der Waals surface area contributed by atoms with Crippen LogP contribution in [0.1, 0.15) is 78.9 Å². The first-order valence-corrected chi connectivity index (χ1v) is 10.5. The van der Waals surface area contributed by atoms with Crippen LogP contribution in [-0.2, 0) is 6.42 Å². The van der Waals surface area contributed by atoms with Crippen LogP contribution < -0.4 is 15.8 Å². The molecule has 0 saturated heterocycles. The lowest BCUT2D eigenvalue weighted by Crippen LogP contribution is -2.32. The van der Waals surface area contributed by atoms with E-state index in [1.165, 1.54) is 62.3 Å². The van der Waals surface area contributed by atoms with Gasteiger partial charge in [-0.25, -0.2) is 4.98 Å². The second kappa shape index (κ2) is 8.74. The van der Waals surface area contributed by atoms with Gasteiger partial charge < -0.3 is 15.8 Å². The van der Waals surface area contributed by atoms with Crippen molar-refractivity contribution >= 4 is 5.91 Å². The molecule has 1 unspecified atom stereocenters. The van der Waals surface area contributed by atoms with E-state index in [1.807, 2.05) is 6.07 Å². The molecule has 28 heavy (non-hydrogen) atoms. The number of amides is 1. The summed E-state index contributed by atoms with van der Waals surface area (Å²) < 4.78 is 5.87. The Labute approximate surface area is 166 Å². The van der Waals surface area contributed by atoms with Gasteiger partial charge in [-0.1, -0.05) is 38.2 Å². The number of hydrogen-bond acceptors (Lipinski definition) is 4. The zero-order chi connectivity index (χ0) is 19.3. The Morgan fingerprint density at radius 1 is 1.04 bits per heavy atom. The number of nitrogens with one attached hydrogen (secondary N) is 1. The lowest BCUT2D eigenvalue weighted by Gasteiger charge is -2.25. The smallest absolute Gasteiger partial charge is 0.250 e. The molecule has 1 saturated carbocycles. The summed E-state index contributed by atoms with van der Waals surface area (Å²) in [7, 11) is 0. The van der Waals surface area contributed by atoms with E-state index in [4.69, 9.17) is 10.5 Å². The predicted molar refractivity (Wildman–Crippen MR) is 110 cm³/mol. The normalized spacial score (nSPS) is 20.2. The van der Waals surface area contributed by atoms with Crippen LogP contribution in [-0.4, -0.2) is 16.9 Å². The Bertz CT molecular complexity index is 811. The minimum atomic E-state index is -0.487. The first-order valence-electron chi connectivity index (χ1n) is 10.5. The van der Waals surface area contributed by atoms with Crippen molar-refractivity contribution in [1.29, 1.82) is 0 Å². The van der Waals surface area contributed by atoms with Crippen molar-refractivity contribution in [3.63, 3.8) is 0 Å². The lowest BCUT2D eigenvalue weighted by molar-refractivity contribution is 0.1000. The quantitative estimate of drug-likeness (QED) is 0.792. The van der Waals surface area contributed by atoms with Crippen LogP contribution in [0.15, 0.2) is 36.5 Å². The molecule has 4 rings (SSSR count). The van der Waals surface area contributed by atoms with Gasteiger partial charge in [-0.2, -0.15) is 0 Å². The third-order valence-electron chi connectivity index (χ3n) is 5.98. The van der Waals surface area contributed by atoms with Gasteiger partial charge in [0, 0.05) is 24.3 Å². The maximum atomic E-state index is 11.1. The summed E-state index contributed by atoms with van der Waals surface area (Å²) >= 11 is 0. The minimum Gasteiger partial charge on any atom is -0.439 e. The molecule has 1 aromatic carbocycles. The average molecular weight is 380 g/mol. The van der Waals surface area contributed by atoms with Gasteiger partial charge in [0.1, 0.15) is 5.75 Å². The second-order valence-corrected chi connectivity index (χ2v) is 8.01. The number of carbonyl (C=O) groups is 1. The molecule has 1 atom stereocenters. The highest BCUT2D eigenvalue weighted by Crippen LogP contribution is 2.35. The summed E-state index contributed by atoms with van der Waals surface area (Å²) in [4.78, 5) is 15.3. The van der Waals surface area contributed by atoms with Crippen LogP contribution in [0.4, 0.5) is 0 Å². The van der Waals surface area contributed by atoms with Crippen molar-refractivity contribution in [3.8, 4) is 11.6 Å². The maximum Gasteiger partial charge on any atom is 0.250 e. The zero-order valence-corrected chi connectivity index (χ0v) is 16.3. The molecule has 0 bridgehead atoms. The molecule has 1 heterocycles. The minimum absolute atomic E-state index is 0.379. The lowest BCUT2D eigenvalue weighted by atomic mass is 9.95. The van der Waals surface area contributed by atoms with Crippen LogP contribution in [0.3, 0.4) is 0 Å². The Hall–Kier alpha value is -2.40. The van der Waals surface area contributed by atoms with Gasteiger partial charge in [-0.3, -0.25) is 4.79 Å². The van der Waals surface area contributed by atoms with E-state index in [0.29, 0.717) is 23.5 Å². The standard InChI is InChI=1S/C23H29N3O2/c24-23(27)17-9-13-22(25-15-17)28-19-10-11-20-16(14-19)8-12-21(20)26-18-6-4-2-1-3-5-7-18/h9-11,13-15,18,21,26H,1-8,12H2,(H2,24,27). The molecule has 5 nitrogen and oxygen atoms in total.